The van der Waals surface area contributed by atoms with Crippen molar-refractivity contribution in [1.82, 2.24) is 10.3 Å². The Bertz CT molecular complexity index is 411. The van der Waals surface area contributed by atoms with Crippen LogP contribution in [-0.4, -0.2) is 4.98 Å². The maximum absolute atomic E-state index is 4.03. The lowest BCUT2D eigenvalue weighted by Crippen LogP contribution is -2.21. The lowest BCUT2D eigenvalue weighted by Gasteiger charge is -2.19. The molecule has 0 aliphatic carbocycles. The molecule has 0 aliphatic rings. The van der Waals surface area contributed by atoms with Gasteiger partial charge >= 0.3 is 0 Å². The van der Waals surface area contributed by atoms with Crippen molar-refractivity contribution >= 4 is 11.3 Å². The number of hydrogen-bond donors (Lipinski definition) is 1. The third-order valence-electron chi connectivity index (χ3n) is 2.68. The van der Waals surface area contributed by atoms with E-state index >= 15 is 0 Å². The minimum Gasteiger partial charge on any atom is -0.303 e. The lowest BCUT2D eigenvalue weighted by molar-refractivity contribution is 0.500. The molecule has 84 valence electrons. The third-order valence-corrected chi connectivity index (χ3v) is 3.73. The molecule has 2 nitrogen and oxygen atoms in total. The molecule has 0 bridgehead atoms. The summed E-state index contributed by atoms with van der Waals surface area (Å²) in [4.78, 5) is 5.41. The number of thiophene rings is 1. The molecule has 3 heteroatoms. The molecule has 0 saturated carbocycles. The minimum absolute atomic E-state index is 0.347. The molecule has 1 N–H and O–H groups in total. The van der Waals surface area contributed by atoms with Crippen LogP contribution in [0.2, 0.25) is 0 Å². The first-order valence-corrected chi connectivity index (χ1v) is 6.34. The van der Waals surface area contributed by atoms with Crippen LogP contribution in [-0.2, 0) is 0 Å². The van der Waals surface area contributed by atoms with Gasteiger partial charge in [-0.1, -0.05) is 6.07 Å². The van der Waals surface area contributed by atoms with Crippen molar-refractivity contribution in [2.24, 2.45) is 0 Å². The molecule has 0 aliphatic heterocycles. The molecule has 2 aromatic heterocycles. The van der Waals surface area contributed by atoms with E-state index in [2.05, 4.69) is 53.8 Å². The summed E-state index contributed by atoms with van der Waals surface area (Å²) in [6, 6.07) is 9.11. The van der Waals surface area contributed by atoms with Crippen molar-refractivity contribution in [3.8, 4) is 0 Å². The zero-order valence-electron chi connectivity index (χ0n) is 9.55. The van der Waals surface area contributed by atoms with Gasteiger partial charge in [-0.15, -0.1) is 11.3 Å². The van der Waals surface area contributed by atoms with E-state index in [4.69, 9.17) is 0 Å². The number of nitrogens with zero attached hydrogens (tertiary/aromatic N) is 1. The molecule has 0 amide bonds. The van der Waals surface area contributed by atoms with Crippen molar-refractivity contribution in [3.05, 3.63) is 52.5 Å². The van der Waals surface area contributed by atoms with E-state index in [1.54, 1.807) is 11.3 Å². The summed E-state index contributed by atoms with van der Waals surface area (Å²) in [6.45, 7) is 4.38. The van der Waals surface area contributed by atoms with Crippen LogP contribution in [0.25, 0.3) is 0 Å². The maximum atomic E-state index is 4.03. The summed E-state index contributed by atoms with van der Waals surface area (Å²) in [5, 5.41) is 5.70. The van der Waals surface area contributed by atoms with Crippen LogP contribution in [0.3, 0.4) is 0 Å². The van der Waals surface area contributed by atoms with E-state index in [1.807, 2.05) is 12.4 Å². The quantitative estimate of drug-likeness (QED) is 0.872. The highest BCUT2D eigenvalue weighted by Crippen LogP contribution is 2.22. The number of hydrogen-bond acceptors (Lipinski definition) is 3. The van der Waals surface area contributed by atoms with Crippen molar-refractivity contribution < 1.29 is 0 Å². The van der Waals surface area contributed by atoms with Gasteiger partial charge in [-0.05, 0) is 43.0 Å². The number of pyridine rings is 1. The van der Waals surface area contributed by atoms with Gasteiger partial charge in [0, 0.05) is 29.4 Å². The number of aromatic nitrogens is 1. The van der Waals surface area contributed by atoms with E-state index in [0.29, 0.717) is 12.1 Å². The highest BCUT2D eigenvalue weighted by Gasteiger charge is 2.11. The van der Waals surface area contributed by atoms with Crippen LogP contribution < -0.4 is 5.32 Å². The molecular formula is C13H16N2S. The Labute approximate surface area is 100 Å². The van der Waals surface area contributed by atoms with E-state index in [0.717, 1.165) is 0 Å². The van der Waals surface area contributed by atoms with Crippen LogP contribution in [0.15, 0.2) is 42.0 Å². The predicted molar refractivity (Wildman–Crippen MR) is 68.5 cm³/mol. The molecule has 2 rings (SSSR count). The molecule has 0 aromatic carbocycles. The van der Waals surface area contributed by atoms with Crippen LogP contribution in [0, 0.1) is 0 Å². The average Bonchev–Trinajstić information content (AvgIpc) is 2.83. The topological polar surface area (TPSA) is 24.9 Å². The first kappa shape index (κ1) is 11.3. The minimum atomic E-state index is 0.347. The summed E-state index contributed by atoms with van der Waals surface area (Å²) in [5.41, 5.74) is 1.28. The molecular weight excluding hydrogens is 216 g/mol. The summed E-state index contributed by atoms with van der Waals surface area (Å²) < 4.78 is 0. The highest BCUT2D eigenvalue weighted by atomic mass is 32.1. The predicted octanol–water partition coefficient (Wildman–Crippen LogP) is 3.55. The molecule has 0 radical (unpaired) electrons. The summed E-state index contributed by atoms with van der Waals surface area (Å²) in [6.07, 6.45) is 3.67. The van der Waals surface area contributed by atoms with Crippen LogP contribution >= 0.6 is 11.3 Å². The van der Waals surface area contributed by atoms with E-state index in [-0.39, 0.29) is 0 Å². The van der Waals surface area contributed by atoms with Gasteiger partial charge in [0.1, 0.15) is 0 Å². The maximum Gasteiger partial charge on any atom is 0.0391 e. The van der Waals surface area contributed by atoms with Crippen LogP contribution in [0.5, 0.6) is 0 Å². The van der Waals surface area contributed by atoms with Gasteiger partial charge in [0.15, 0.2) is 0 Å². The molecule has 2 unspecified atom stereocenters. The first-order chi connectivity index (χ1) is 7.77. The van der Waals surface area contributed by atoms with Gasteiger partial charge in [0.25, 0.3) is 0 Å². The standard InChI is InChI=1S/C13H16N2S/c1-10(12-5-7-14-8-6-12)15-11(2)13-4-3-9-16-13/h3-11,15H,1-2H3. The van der Waals surface area contributed by atoms with Crippen molar-refractivity contribution in [1.29, 1.82) is 0 Å². The van der Waals surface area contributed by atoms with Crippen LogP contribution in [0.1, 0.15) is 36.4 Å². The van der Waals surface area contributed by atoms with Crippen molar-refractivity contribution in [2.45, 2.75) is 25.9 Å². The van der Waals surface area contributed by atoms with Crippen molar-refractivity contribution in [2.75, 3.05) is 0 Å². The SMILES string of the molecule is CC(NC(C)c1cccs1)c1ccncc1. The normalized spacial score (nSPS) is 14.6. The first-order valence-electron chi connectivity index (χ1n) is 5.46. The Morgan fingerprint density at radius 3 is 2.50 bits per heavy atom. The van der Waals surface area contributed by atoms with Gasteiger partial charge in [-0.25, -0.2) is 0 Å². The van der Waals surface area contributed by atoms with E-state index < -0.39 is 0 Å². The summed E-state index contributed by atoms with van der Waals surface area (Å²) in [5.74, 6) is 0. The second kappa shape index (κ2) is 5.23. The number of nitrogens with one attached hydrogen (secondary N) is 1. The highest BCUT2D eigenvalue weighted by molar-refractivity contribution is 7.10. The summed E-state index contributed by atoms with van der Waals surface area (Å²) in [7, 11) is 0. The number of rotatable bonds is 4. The Morgan fingerprint density at radius 1 is 1.12 bits per heavy atom. The Hall–Kier alpha value is -1.19. The average molecular weight is 232 g/mol. The third kappa shape index (κ3) is 2.68. The fourth-order valence-electron chi connectivity index (χ4n) is 1.74. The van der Waals surface area contributed by atoms with Gasteiger partial charge < -0.3 is 5.32 Å². The lowest BCUT2D eigenvalue weighted by atomic mass is 10.1. The van der Waals surface area contributed by atoms with Crippen LogP contribution in [0.4, 0.5) is 0 Å². The molecule has 2 heterocycles. The second-order valence-electron chi connectivity index (χ2n) is 3.91. The Morgan fingerprint density at radius 2 is 1.88 bits per heavy atom. The molecule has 2 aromatic rings. The van der Waals surface area contributed by atoms with E-state index in [1.165, 1.54) is 10.4 Å². The second-order valence-corrected chi connectivity index (χ2v) is 4.89. The largest absolute Gasteiger partial charge is 0.303 e. The smallest absolute Gasteiger partial charge is 0.0391 e. The monoisotopic (exact) mass is 232 g/mol. The molecule has 0 spiro atoms. The van der Waals surface area contributed by atoms with Gasteiger partial charge in [-0.3, -0.25) is 4.98 Å². The fourth-order valence-corrected chi connectivity index (χ4v) is 2.49. The zero-order valence-corrected chi connectivity index (χ0v) is 10.4. The summed E-state index contributed by atoms with van der Waals surface area (Å²) >= 11 is 1.79. The molecule has 16 heavy (non-hydrogen) atoms. The van der Waals surface area contributed by atoms with E-state index in [9.17, 15) is 0 Å². The Kier molecular flexibility index (Phi) is 3.70. The fraction of sp³-hybridized carbons (Fsp3) is 0.308. The molecule has 0 fully saturated rings. The van der Waals surface area contributed by atoms with Gasteiger partial charge in [0.2, 0.25) is 0 Å². The Balaban J connectivity index is 2.00. The molecule has 2 atom stereocenters. The van der Waals surface area contributed by atoms with Crippen molar-refractivity contribution in [3.63, 3.8) is 0 Å². The van der Waals surface area contributed by atoms with Gasteiger partial charge in [-0.2, -0.15) is 0 Å². The molecule has 0 saturated heterocycles. The zero-order chi connectivity index (χ0) is 11.4. The van der Waals surface area contributed by atoms with Gasteiger partial charge in [0.05, 0.1) is 0 Å².